The molecule has 1 aromatic rings. The fourth-order valence-corrected chi connectivity index (χ4v) is 1.84. The number of carbonyl (C=O) groups excluding carboxylic acids is 1. The van der Waals surface area contributed by atoms with Crippen LogP contribution in [0.2, 0.25) is 10.0 Å². The molecule has 2 N–H and O–H groups in total. The van der Waals surface area contributed by atoms with Crippen LogP contribution >= 0.6 is 23.2 Å². The van der Waals surface area contributed by atoms with E-state index >= 15 is 0 Å². The number of methoxy groups -OCH3 is 1. The Morgan fingerprint density at radius 1 is 1.47 bits per heavy atom. The van der Waals surface area contributed by atoms with Crippen LogP contribution in [0.3, 0.4) is 0 Å². The van der Waals surface area contributed by atoms with E-state index in [1.54, 1.807) is 25.3 Å². The van der Waals surface area contributed by atoms with E-state index in [0.717, 1.165) is 0 Å². The third-order valence-electron chi connectivity index (χ3n) is 2.17. The molecule has 6 heteroatoms. The first-order chi connectivity index (χ1) is 8.06. The van der Waals surface area contributed by atoms with Gasteiger partial charge in [-0.1, -0.05) is 35.3 Å². The maximum absolute atomic E-state index is 10.8. The fraction of sp³-hybridized carbons (Fsp3) is 0.364. The highest BCUT2D eigenvalue weighted by atomic mass is 35.5. The summed E-state index contributed by atoms with van der Waals surface area (Å²) in [6.07, 6.45) is -0.958. The first-order valence-corrected chi connectivity index (χ1v) is 5.70. The average molecular weight is 278 g/mol. The number of halogens is 2. The number of primary amides is 1. The van der Waals surface area contributed by atoms with Gasteiger partial charge in [-0.25, -0.2) is 4.79 Å². The number of ether oxygens (including phenoxy) is 2. The van der Waals surface area contributed by atoms with Crippen molar-refractivity contribution in [3.05, 3.63) is 33.8 Å². The Labute approximate surface area is 110 Å². The Bertz CT molecular complexity index is 398. The summed E-state index contributed by atoms with van der Waals surface area (Å²) in [5.74, 6) is 0. The molecular formula is C11H13Cl2NO3. The highest BCUT2D eigenvalue weighted by molar-refractivity contribution is 6.42. The van der Waals surface area contributed by atoms with E-state index in [4.69, 9.17) is 38.4 Å². The summed E-state index contributed by atoms with van der Waals surface area (Å²) >= 11 is 11.9. The van der Waals surface area contributed by atoms with Crippen LogP contribution < -0.4 is 5.73 Å². The van der Waals surface area contributed by atoms with Gasteiger partial charge >= 0.3 is 6.09 Å². The molecule has 0 aliphatic carbocycles. The highest BCUT2D eigenvalue weighted by Gasteiger charge is 2.19. The number of hydrogen-bond donors (Lipinski definition) is 1. The van der Waals surface area contributed by atoms with Gasteiger partial charge in [-0.3, -0.25) is 0 Å². The van der Waals surface area contributed by atoms with Crippen LogP contribution in [-0.4, -0.2) is 19.8 Å². The standard InChI is InChI=1S/C11H13Cl2NO3/c1-16-6-5-9(17-11(14)15)7-3-2-4-8(12)10(7)13/h2-4,9H,5-6H2,1H3,(H2,14,15). The van der Waals surface area contributed by atoms with Crippen LogP contribution in [0.5, 0.6) is 0 Å². The van der Waals surface area contributed by atoms with Crippen molar-refractivity contribution in [2.45, 2.75) is 12.5 Å². The number of nitrogens with two attached hydrogens (primary N) is 1. The van der Waals surface area contributed by atoms with Gasteiger partial charge in [0, 0.05) is 19.1 Å². The maximum atomic E-state index is 10.8. The molecule has 4 nitrogen and oxygen atoms in total. The lowest BCUT2D eigenvalue weighted by atomic mass is 10.1. The normalized spacial score (nSPS) is 12.2. The van der Waals surface area contributed by atoms with Gasteiger partial charge in [-0.05, 0) is 6.07 Å². The molecule has 1 amide bonds. The molecule has 0 heterocycles. The van der Waals surface area contributed by atoms with Crippen molar-refractivity contribution in [3.8, 4) is 0 Å². The molecule has 0 radical (unpaired) electrons. The van der Waals surface area contributed by atoms with Gasteiger partial charge in [0.05, 0.1) is 16.7 Å². The van der Waals surface area contributed by atoms with E-state index in [-0.39, 0.29) is 0 Å². The summed E-state index contributed by atoms with van der Waals surface area (Å²) in [6.45, 7) is 0.417. The third-order valence-corrected chi connectivity index (χ3v) is 3.00. The summed E-state index contributed by atoms with van der Waals surface area (Å²) in [7, 11) is 1.56. The average Bonchev–Trinajstić information content (AvgIpc) is 2.28. The van der Waals surface area contributed by atoms with E-state index in [9.17, 15) is 4.79 Å². The zero-order valence-corrected chi connectivity index (χ0v) is 10.8. The predicted molar refractivity (Wildman–Crippen MR) is 66.4 cm³/mol. The topological polar surface area (TPSA) is 61.6 Å². The van der Waals surface area contributed by atoms with Crippen molar-refractivity contribution in [1.82, 2.24) is 0 Å². The minimum atomic E-state index is -0.859. The molecule has 0 saturated carbocycles. The van der Waals surface area contributed by atoms with Crippen LogP contribution in [0.15, 0.2) is 18.2 Å². The lowest BCUT2D eigenvalue weighted by Gasteiger charge is -2.18. The van der Waals surface area contributed by atoms with E-state index in [2.05, 4.69) is 0 Å². The quantitative estimate of drug-likeness (QED) is 0.899. The molecule has 0 bridgehead atoms. The number of amides is 1. The Morgan fingerprint density at radius 2 is 2.18 bits per heavy atom. The van der Waals surface area contributed by atoms with Gasteiger partial charge in [0.1, 0.15) is 6.10 Å². The fourth-order valence-electron chi connectivity index (χ4n) is 1.41. The second-order valence-electron chi connectivity index (χ2n) is 3.35. The maximum Gasteiger partial charge on any atom is 0.405 e. The van der Waals surface area contributed by atoms with Crippen LogP contribution in [0.4, 0.5) is 4.79 Å². The predicted octanol–water partition coefficient (Wildman–Crippen LogP) is 3.17. The molecule has 17 heavy (non-hydrogen) atoms. The molecule has 0 saturated heterocycles. The lowest BCUT2D eigenvalue weighted by molar-refractivity contribution is 0.0777. The number of carbonyl (C=O) groups is 1. The van der Waals surface area contributed by atoms with Gasteiger partial charge in [0.15, 0.2) is 0 Å². The smallest absolute Gasteiger partial charge is 0.405 e. The van der Waals surface area contributed by atoms with Gasteiger partial charge in [-0.2, -0.15) is 0 Å². The van der Waals surface area contributed by atoms with E-state index in [0.29, 0.717) is 28.6 Å². The number of benzene rings is 1. The lowest BCUT2D eigenvalue weighted by Crippen LogP contribution is -2.18. The molecule has 94 valence electrons. The summed E-state index contributed by atoms with van der Waals surface area (Å²) in [5.41, 5.74) is 5.63. The second kappa shape index (κ2) is 6.69. The van der Waals surface area contributed by atoms with E-state index < -0.39 is 12.2 Å². The van der Waals surface area contributed by atoms with Crippen molar-refractivity contribution in [3.63, 3.8) is 0 Å². The van der Waals surface area contributed by atoms with Crippen molar-refractivity contribution < 1.29 is 14.3 Å². The highest BCUT2D eigenvalue weighted by Crippen LogP contribution is 2.33. The summed E-state index contributed by atoms with van der Waals surface area (Å²) in [6, 6.07) is 5.12. The first-order valence-electron chi connectivity index (χ1n) is 4.95. The number of hydrogen-bond acceptors (Lipinski definition) is 3. The molecule has 0 aliphatic rings. The van der Waals surface area contributed by atoms with E-state index in [1.165, 1.54) is 0 Å². The Morgan fingerprint density at radius 3 is 2.76 bits per heavy atom. The van der Waals surface area contributed by atoms with Crippen molar-refractivity contribution in [2.75, 3.05) is 13.7 Å². The van der Waals surface area contributed by atoms with Gasteiger partial charge in [0.2, 0.25) is 0 Å². The van der Waals surface area contributed by atoms with Gasteiger partial charge < -0.3 is 15.2 Å². The van der Waals surface area contributed by atoms with Gasteiger partial charge in [0.25, 0.3) is 0 Å². The molecule has 0 spiro atoms. The van der Waals surface area contributed by atoms with Crippen LogP contribution in [-0.2, 0) is 9.47 Å². The molecule has 1 unspecified atom stereocenters. The van der Waals surface area contributed by atoms with Crippen molar-refractivity contribution in [1.29, 1.82) is 0 Å². The largest absolute Gasteiger partial charge is 0.441 e. The molecule has 0 aromatic heterocycles. The van der Waals surface area contributed by atoms with Gasteiger partial charge in [-0.15, -0.1) is 0 Å². The molecule has 0 fully saturated rings. The van der Waals surface area contributed by atoms with E-state index in [1.807, 2.05) is 0 Å². The molecule has 1 rings (SSSR count). The molecule has 1 atom stereocenters. The Kier molecular flexibility index (Phi) is 5.55. The van der Waals surface area contributed by atoms with Crippen LogP contribution in [0, 0.1) is 0 Å². The Hall–Kier alpha value is -0.970. The number of rotatable bonds is 5. The third kappa shape index (κ3) is 4.07. The Balaban J connectivity index is 2.94. The summed E-state index contributed by atoms with van der Waals surface area (Å²) in [5, 5.41) is 0.760. The van der Waals surface area contributed by atoms with Crippen molar-refractivity contribution >= 4 is 29.3 Å². The monoisotopic (exact) mass is 277 g/mol. The first kappa shape index (κ1) is 14.1. The summed E-state index contributed by atoms with van der Waals surface area (Å²) < 4.78 is 9.93. The van der Waals surface area contributed by atoms with Crippen LogP contribution in [0.25, 0.3) is 0 Å². The van der Waals surface area contributed by atoms with Crippen molar-refractivity contribution in [2.24, 2.45) is 5.73 Å². The minimum Gasteiger partial charge on any atom is -0.441 e. The van der Waals surface area contributed by atoms with Crippen LogP contribution in [0.1, 0.15) is 18.1 Å². The molecule has 0 aliphatic heterocycles. The second-order valence-corrected chi connectivity index (χ2v) is 4.14. The molecular weight excluding hydrogens is 265 g/mol. The zero-order valence-electron chi connectivity index (χ0n) is 9.28. The zero-order chi connectivity index (χ0) is 12.8. The summed E-state index contributed by atoms with van der Waals surface area (Å²) in [4.78, 5) is 10.8. The minimum absolute atomic E-state index is 0.358. The molecule has 1 aromatic carbocycles. The SMILES string of the molecule is COCCC(OC(N)=O)c1cccc(Cl)c1Cl.